The molecule has 24 heavy (non-hydrogen) atoms. The van der Waals surface area contributed by atoms with Crippen molar-refractivity contribution in [1.29, 1.82) is 0 Å². The van der Waals surface area contributed by atoms with Crippen LogP contribution in [0.25, 0.3) is 0 Å². The van der Waals surface area contributed by atoms with Crippen molar-refractivity contribution >= 4 is 16.5 Å². The molecule has 1 N–H and O–H groups in total. The Morgan fingerprint density at radius 2 is 1.83 bits per heavy atom. The summed E-state index contributed by atoms with van der Waals surface area (Å²) in [7, 11) is 0. The van der Waals surface area contributed by atoms with E-state index in [1.165, 1.54) is 25.9 Å². The summed E-state index contributed by atoms with van der Waals surface area (Å²) in [6, 6.07) is 0.389. The van der Waals surface area contributed by atoms with Crippen LogP contribution in [0.1, 0.15) is 44.5 Å². The number of hydrogen-bond donors (Lipinski definition) is 1. The third-order valence-electron chi connectivity index (χ3n) is 6.03. The van der Waals surface area contributed by atoms with E-state index in [-0.39, 0.29) is 6.10 Å². The molecule has 2 aliphatic heterocycles. The normalized spacial score (nSPS) is 34.2. The van der Waals surface area contributed by atoms with Gasteiger partial charge >= 0.3 is 0 Å². The van der Waals surface area contributed by atoms with E-state index >= 15 is 0 Å². The number of hydrogen-bond acceptors (Lipinski definition) is 6. The highest BCUT2D eigenvalue weighted by molar-refractivity contribution is 7.15. The first kappa shape index (κ1) is 16.7. The number of fused-ring (bicyclic) bond motifs is 1. The standard InChI is InChI=1S/C18H30N4OS/c1-12(2)7-17-19-20-18(24-17)22-10-13-8-15(21-5-3-4-6-21)16(23)9-14(13)11-22/h12-16,23H,3-11H2,1-2H3/t13-,14+,15-,16-/m1/s1. The van der Waals surface area contributed by atoms with E-state index in [4.69, 9.17) is 0 Å². The maximum absolute atomic E-state index is 10.7. The summed E-state index contributed by atoms with van der Waals surface area (Å²) in [5, 5.41) is 21.7. The summed E-state index contributed by atoms with van der Waals surface area (Å²) in [4.78, 5) is 4.96. The van der Waals surface area contributed by atoms with E-state index in [0.29, 0.717) is 23.8 Å². The molecule has 4 rings (SSSR count). The highest BCUT2D eigenvalue weighted by Crippen LogP contribution is 2.41. The van der Waals surface area contributed by atoms with Crippen LogP contribution in [0, 0.1) is 17.8 Å². The van der Waals surface area contributed by atoms with Gasteiger partial charge in [-0.05, 0) is 56.5 Å². The number of nitrogens with zero attached hydrogens (tertiary/aromatic N) is 4. The Morgan fingerprint density at radius 1 is 1.12 bits per heavy atom. The third-order valence-corrected chi connectivity index (χ3v) is 7.03. The van der Waals surface area contributed by atoms with Crippen molar-refractivity contribution in [2.75, 3.05) is 31.1 Å². The van der Waals surface area contributed by atoms with E-state index in [0.717, 1.165) is 42.5 Å². The minimum absolute atomic E-state index is 0.143. The van der Waals surface area contributed by atoms with Crippen molar-refractivity contribution in [3.05, 3.63) is 5.01 Å². The Labute approximate surface area is 149 Å². The highest BCUT2D eigenvalue weighted by atomic mass is 32.1. The van der Waals surface area contributed by atoms with Gasteiger partial charge in [-0.1, -0.05) is 25.2 Å². The molecule has 2 saturated heterocycles. The number of likely N-dealkylation sites (tertiary alicyclic amines) is 1. The molecule has 4 atom stereocenters. The zero-order chi connectivity index (χ0) is 16.7. The molecule has 1 aromatic rings. The fourth-order valence-corrected chi connectivity index (χ4v) is 5.90. The summed E-state index contributed by atoms with van der Waals surface area (Å²) in [6.07, 6.45) is 5.59. The van der Waals surface area contributed by atoms with Crippen molar-refractivity contribution < 1.29 is 5.11 Å². The minimum atomic E-state index is -0.143. The lowest BCUT2D eigenvalue weighted by Crippen LogP contribution is -2.48. The van der Waals surface area contributed by atoms with Crippen molar-refractivity contribution in [2.24, 2.45) is 17.8 Å². The molecule has 5 nitrogen and oxygen atoms in total. The molecule has 3 aliphatic rings. The molecule has 0 unspecified atom stereocenters. The van der Waals surface area contributed by atoms with Crippen LogP contribution >= 0.6 is 11.3 Å². The molecule has 0 amide bonds. The van der Waals surface area contributed by atoms with E-state index < -0.39 is 0 Å². The van der Waals surface area contributed by atoms with Crippen molar-refractivity contribution in [3.8, 4) is 0 Å². The van der Waals surface area contributed by atoms with Gasteiger partial charge in [0.2, 0.25) is 5.13 Å². The Bertz CT molecular complexity index is 557. The number of rotatable bonds is 4. The van der Waals surface area contributed by atoms with E-state index in [9.17, 15) is 5.11 Å². The lowest BCUT2D eigenvalue weighted by atomic mass is 9.77. The maximum atomic E-state index is 10.7. The van der Waals surface area contributed by atoms with Crippen LogP contribution in [-0.4, -0.2) is 58.5 Å². The fourth-order valence-electron chi connectivity index (χ4n) is 4.83. The SMILES string of the molecule is CC(C)Cc1nnc(N2C[C@H]3C[C@@H](N4CCCC4)[C@H](O)C[C@H]3C2)s1. The lowest BCUT2D eigenvalue weighted by molar-refractivity contribution is -0.000854. The van der Waals surface area contributed by atoms with Gasteiger partial charge < -0.3 is 10.0 Å². The molecule has 1 aliphatic carbocycles. The molecule has 1 aromatic heterocycles. The lowest BCUT2D eigenvalue weighted by Gasteiger charge is -2.40. The van der Waals surface area contributed by atoms with Crippen molar-refractivity contribution in [1.82, 2.24) is 15.1 Å². The number of aromatic nitrogens is 2. The predicted octanol–water partition coefficient (Wildman–Crippen LogP) is 2.41. The van der Waals surface area contributed by atoms with E-state index in [1.54, 1.807) is 11.3 Å². The summed E-state index contributed by atoms with van der Waals surface area (Å²) >= 11 is 1.76. The van der Waals surface area contributed by atoms with Gasteiger partial charge in [0.05, 0.1) is 6.10 Å². The number of aliphatic hydroxyl groups excluding tert-OH is 1. The number of anilines is 1. The van der Waals surface area contributed by atoms with E-state index in [2.05, 4.69) is 33.8 Å². The molecule has 3 heterocycles. The first-order chi connectivity index (χ1) is 11.6. The van der Waals surface area contributed by atoms with E-state index in [1.807, 2.05) is 0 Å². The monoisotopic (exact) mass is 350 g/mol. The molecule has 1 saturated carbocycles. The summed E-state index contributed by atoms with van der Waals surface area (Å²) in [6.45, 7) is 8.95. The van der Waals surface area contributed by atoms with Gasteiger partial charge in [0.15, 0.2) is 0 Å². The fraction of sp³-hybridized carbons (Fsp3) is 0.889. The first-order valence-corrected chi connectivity index (χ1v) is 10.4. The first-order valence-electron chi connectivity index (χ1n) is 9.59. The van der Waals surface area contributed by atoms with Crippen LogP contribution < -0.4 is 4.90 Å². The third kappa shape index (κ3) is 3.33. The Kier molecular flexibility index (Phi) is 4.80. The molecule has 6 heteroatoms. The molecule has 0 aromatic carbocycles. The minimum Gasteiger partial charge on any atom is -0.391 e. The van der Waals surface area contributed by atoms with Gasteiger partial charge in [-0.2, -0.15) is 0 Å². The molecule has 0 bridgehead atoms. The van der Waals surface area contributed by atoms with Gasteiger partial charge in [0.25, 0.3) is 0 Å². The topological polar surface area (TPSA) is 52.5 Å². The van der Waals surface area contributed by atoms with Crippen LogP contribution in [0.4, 0.5) is 5.13 Å². The summed E-state index contributed by atoms with van der Waals surface area (Å²) in [5.74, 6) is 1.95. The Balaban J connectivity index is 1.41. The molecular formula is C18H30N4OS. The smallest absolute Gasteiger partial charge is 0.208 e. The summed E-state index contributed by atoms with van der Waals surface area (Å²) < 4.78 is 0. The van der Waals surface area contributed by atoms with Gasteiger partial charge in [-0.15, -0.1) is 10.2 Å². The van der Waals surface area contributed by atoms with Crippen molar-refractivity contribution in [3.63, 3.8) is 0 Å². The largest absolute Gasteiger partial charge is 0.391 e. The second-order valence-electron chi connectivity index (χ2n) is 8.35. The molecule has 3 fully saturated rings. The zero-order valence-electron chi connectivity index (χ0n) is 14.9. The van der Waals surface area contributed by atoms with Gasteiger partial charge in [0, 0.05) is 25.6 Å². The van der Waals surface area contributed by atoms with Crippen LogP contribution in [-0.2, 0) is 6.42 Å². The Hall–Kier alpha value is -0.720. The van der Waals surface area contributed by atoms with Gasteiger partial charge in [0.1, 0.15) is 5.01 Å². The number of aliphatic hydroxyl groups is 1. The van der Waals surface area contributed by atoms with Crippen LogP contribution in [0.15, 0.2) is 0 Å². The van der Waals surface area contributed by atoms with Gasteiger partial charge in [-0.3, -0.25) is 4.90 Å². The van der Waals surface area contributed by atoms with Gasteiger partial charge in [-0.25, -0.2) is 0 Å². The quantitative estimate of drug-likeness (QED) is 0.904. The average molecular weight is 351 g/mol. The van der Waals surface area contributed by atoms with Crippen LogP contribution in [0.3, 0.4) is 0 Å². The predicted molar refractivity (Wildman–Crippen MR) is 97.5 cm³/mol. The maximum Gasteiger partial charge on any atom is 0.208 e. The second kappa shape index (κ2) is 6.89. The summed E-state index contributed by atoms with van der Waals surface area (Å²) in [5.41, 5.74) is 0. The highest BCUT2D eigenvalue weighted by Gasteiger charge is 2.44. The zero-order valence-corrected chi connectivity index (χ0v) is 15.7. The van der Waals surface area contributed by atoms with Crippen LogP contribution in [0.2, 0.25) is 0 Å². The molecule has 134 valence electrons. The molecule has 0 radical (unpaired) electrons. The second-order valence-corrected chi connectivity index (χ2v) is 9.39. The molecule has 0 spiro atoms. The van der Waals surface area contributed by atoms with Crippen molar-refractivity contribution in [2.45, 2.75) is 58.1 Å². The van der Waals surface area contributed by atoms with Crippen LogP contribution in [0.5, 0.6) is 0 Å². The Morgan fingerprint density at radius 3 is 2.54 bits per heavy atom. The average Bonchev–Trinajstić information content (AvgIpc) is 3.25. The molecular weight excluding hydrogens is 320 g/mol.